The third-order valence-corrected chi connectivity index (χ3v) is 3.23. The predicted molar refractivity (Wildman–Crippen MR) is 60.5 cm³/mol. The fourth-order valence-electron chi connectivity index (χ4n) is 2.17. The normalized spacial score (nSPS) is 28.5. The van der Waals surface area contributed by atoms with Crippen LogP contribution in [0.15, 0.2) is 0 Å². The van der Waals surface area contributed by atoms with E-state index < -0.39 is 0 Å². The quantitative estimate of drug-likeness (QED) is 0.748. The lowest BCUT2D eigenvalue weighted by atomic mass is 9.92. The highest BCUT2D eigenvalue weighted by molar-refractivity contribution is 5.78. The molecule has 0 aliphatic heterocycles. The maximum absolute atomic E-state index is 11.7. The first-order chi connectivity index (χ1) is 7.15. The van der Waals surface area contributed by atoms with Crippen LogP contribution in [-0.4, -0.2) is 23.2 Å². The zero-order valence-electron chi connectivity index (χ0n) is 9.83. The molecule has 1 saturated carbocycles. The standard InChI is InChI=1S/C12H23NO2/c1-3-6-9(2)12(15)13-10-7-4-5-8-11(10)14/h9-11,14H,3-8H2,1-2H3,(H,13,15). The van der Waals surface area contributed by atoms with Gasteiger partial charge in [0.25, 0.3) is 0 Å². The van der Waals surface area contributed by atoms with E-state index in [1.165, 1.54) is 0 Å². The summed E-state index contributed by atoms with van der Waals surface area (Å²) in [5.74, 6) is 0.173. The van der Waals surface area contributed by atoms with Crippen molar-refractivity contribution < 1.29 is 9.90 Å². The van der Waals surface area contributed by atoms with Crippen molar-refractivity contribution in [3.8, 4) is 0 Å². The topological polar surface area (TPSA) is 49.3 Å². The van der Waals surface area contributed by atoms with Crippen LogP contribution in [0.3, 0.4) is 0 Å². The van der Waals surface area contributed by atoms with Crippen LogP contribution in [0.4, 0.5) is 0 Å². The summed E-state index contributed by atoms with van der Waals surface area (Å²) in [6, 6.07) is -0.00874. The molecular weight excluding hydrogens is 190 g/mol. The van der Waals surface area contributed by atoms with E-state index >= 15 is 0 Å². The molecule has 88 valence electrons. The molecule has 1 amide bonds. The van der Waals surface area contributed by atoms with Gasteiger partial charge >= 0.3 is 0 Å². The largest absolute Gasteiger partial charge is 0.391 e. The van der Waals surface area contributed by atoms with Gasteiger partial charge in [0.1, 0.15) is 0 Å². The van der Waals surface area contributed by atoms with Crippen LogP contribution in [0, 0.1) is 5.92 Å². The van der Waals surface area contributed by atoms with Crippen LogP contribution >= 0.6 is 0 Å². The number of carbonyl (C=O) groups is 1. The number of rotatable bonds is 4. The number of nitrogens with one attached hydrogen (secondary N) is 1. The number of hydrogen-bond acceptors (Lipinski definition) is 2. The van der Waals surface area contributed by atoms with Crippen LogP contribution in [0.5, 0.6) is 0 Å². The first-order valence-corrected chi connectivity index (χ1v) is 6.13. The zero-order valence-corrected chi connectivity index (χ0v) is 9.83. The number of aliphatic hydroxyl groups is 1. The molecule has 0 aromatic heterocycles. The van der Waals surface area contributed by atoms with E-state index in [1.807, 2.05) is 6.92 Å². The molecule has 0 spiro atoms. The molecule has 3 heteroatoms. The second-order valence-corrected chi connectivity index (χ2v) is 4.66. The van der Waals surface area contributed by atoms with Gasteiger partial charge in [-0.15, -0.1) is 0 Å². The number of aliphatic hydroxyl groups excluding tert-OH is 1. The zero-order chi connectivity index (χ0) is 11.3. The van der Waals surface area contributed by atoms with Crippen LogP contribution in [0.2, 0.25) is 0 Å². The van der Waals surface area contributed by atoms with Gasteiger partial charge in [-0.3, -0.25) is 4.79 Å². The highest BCUT2D eigenvalue weighted by Crippen LogP contribution is 2.19. The Balaban J connectivity index is 2.35. The van der Waals surface area contributed by atoms with Crippen LogP contribution in [0.25, 0.3) is 0 Å². The van der Waals surface area contributed by atoms with E-state index in [1.54, 1.807) is 0 Å². The molecule has 0 saturated heterocycles. The third kappa shape index (κ3) is 3.82. The number of amides is 1. The van der Waals surface area contributed by atoms with Gasteiger partial charge in [-0.2, -0.15) is 0 Å². The predicted octanol–water partition coefficient (Wildman–Crippen LogP) is 1.84. The molecule has 1 fully saturated rings. The van der Waals surface area contributed by atoms with Gasteiger partial charge in [0, 0.05) is 5.92 Å². The Morgan fingerprint density at radius 1 is 1.47 bits per heavy atom. The third-order valence-electron chi connectivity index (χ3n) is 3.23. The minimum absolute atomic E-state index is 0.00874. The summed E-state index contributed by atoms with van der Waals surface area (Å²) >= 11 is 0. The maximum atomic E-state index is 11.7. The lowest BCUT2D eigenvalue weighted by Crippen LogP contribution is -2.46. The summed E-state index contributed by atoms with van der Waals surface area (Å²) < 4.78 is 0. The summed E-state index contributed by atoms with van der Waals surface area (Å²) in [5.41, 5.74) is 0. The Labute approximate surface area is 92.3 Å². The van der Waals surface area contributed by atoms with Crippen LogP contribution in [-0.2, 0) is 4.79 Å². The Hall–Kier alpha value is -0.570. The van der Waals surface area contributed by atoms with Crippen molar-refractivity contribution in [2.45, 2.75) is 64.5 Å². The molecule has 1 aliphatic carbocycles. The van der Waals surface area contributed by atoms with Crippen molar-refractivity contribution in [2.24, 2.45) is 5.92 Å². The van der Waals surface area contributed by atoms with Gasteiger partial charge in [-0.25, -0.2) is 0 Å². The van der Waals surface area contributed by atoms with Gasteiger partial charge in [0.05, 0.1) is 12.1 Å². The second kappa shape index (κ2) is 6.11. The van der Waals surface area contributed by atoms with Crippen molar-refractivity contribution in [3.05, 3.63) is 0 Å². The average molecular weight is 213 g/mol. The molecule has 3 atom stereocenters. The van der Waals surface area contributed by atoms with Crippen molar-refractivity contribution >= 4 is 5.91 Å². The van der Waals surface area contributed by atoms with Gasteiger partial charge in [-0.1, -0.05) is 33.1 Å². The first-order valence-electron chi connectivity index (χ1n) is 6.13. The minimum Gasteiger partial charge on any atom is -0.391 e. The molecule has 3 unspecified atom stereocenters. The number of carbonyl (C=O) groups excluding carboxylic acids is 1. The van der Waals surface area contributed by atoms with Crippen molar-refractivity contribution in [1.29, 1.82) is 0 Å². The molecule has 0 heterocycles. The molecular formula is C12H23NO2. The van der Waals surface area contributed by atoms with E-state index in [4.69, 9.17) is 0 Å². The molecule has 0 radical (unpaired) electrons. The van der Waals surface area contributed by atoms with E-state index in [0.29, 0.717) is 0 Å². The summed E-state index contributed by atoms with van der Waals surface area (Å²) in [6.07, 6.45) is 5.56. The van der Waals surface area contributed by atoms with Crippen LogP contribution < -0.4 is 5.32 Å². The maximum Gasteiger partial charge on any atom is 0.223 e. The van der Waals surface area contributed by atoms with Crippen molar-refractivity contribution in [2.75, 3.05) is 0 Å². The smallest absolute Gasteiger partial charge is 0.223 e. The van der Waals surface area contributed by atoms with Gasteiger partial charge < -0.3 is 10.4 Å². The lowest BCUT2D eigenvalue weighted by Gasteiger charge is -2.29. The summed E-state index contributed by atoms with van der Waals surface area (Å²) in [6.45, 7) is 4.03. The molecule has 15 heavy (non-hydrogen) atoms. The van der Waals surface area contributed by atoms with Crippen LogP contribution in [0.1, 0.15) is 52.4 Å². The molecule has 1 rings (SSSR count). The average Bonchev–Trinajstić information content (AvgIpc) is 2.21. The Morgan fingerprint density at radius 3 is 2.73 bits per heavy atom. The van der Waals surface area contributed by atoms with E-state index in [-0.39, 0.29) is 24.0 Å². The van der Waals surface area contributed by atoms with Gasteiger partial charge in [-0.05, 0) is 19.3 Å². The number of hydrogen-bond donors (Lipinski definition) is 2. The minimum atomic E-state index is -0.337. The monoisotopic (exact) mass is 213 g/mol. The van der Waals surface area contributed by atoms with Crippen molar-refractivity contribution in [1.82, 2.24) is 5.32 Å². The first kappa shape index (κ1) is 12.5. The van der Waals surface area contributed by atoms with Gasteiger partial charge in [0.15, 0.2) is 0 Å². The Bertz CT molecular complexity index is 206. The SMILES string of the molecule is CCCC(C)C(=O)NC1CCCCC1O. The molecule has 2 N–H and O–H groups in total. The Kier molecular flexibility index (Phi) is 5.09. The van der Waals surface area contributed by atoms with E-state index in [2.05, 4.69) is 12.2 Å². The van der Waals surface area contributed by atoms with Crippen molar-refractivity contribution in [3.63, 3.8) is 0 Å². The van der Waals surface area contributed by atoms with E-state index in [9.17, 15) is 9.90 Å². The molecule has 0 bridgehead atoms. The lowest BCUT2D eigenvalue weighted by molar-refractivity contribution is -0.126. The molecule has 0 aromatic carbocycles. The fraction of sp³-hybridized carbons (Fsp3) is 0.917. The highest BCUT2D eigenvalue weighted by atomic mass is 16.3. The molecule has 1 aliphatic rings. The Morgan fingerprint density at radius 2 is 2.13 bits per heavy atom. The summed E-state index contributed by atoms with van der Waals surface area (Å²) in [5, 5.41) is 12.7. The van der Waals surface area contributed by atoms with E-state index in [0.717, 1.165) is 38.5 Å². The molecule has 3 nitrogen and oxygen atoms in total. The second-order valence-electron chi connectivity index (χ2n) is 4.66. The fourth-order valence-corrected chi connectivity index (χ4v) is 2.17. The summed E-state index contributed by atoms with van der Waals surface area (Å²) in [4.78, 5) is 11.7. The molecule has 0 aromatic rings. The highest BCUT2D eigenvalue weighted by Gasteiger charge is 2.25. The van der Waals surface area contributed by atoms with Gasteiger partial charge in [0.2, 0.25) is 5.91 Å². The summed E-state index contributed by atoms with van der Waals surface area (Å²) in [7, 11) is 0.